The molecule has 0 saturated carbocycles. The van der Waals surface area contributed by atoms with Crippen molar-refractivity contribution in [1.82, 2.24) is 20.2 Å². The quantitative estimate of drug-likeness (QED) is 0.243. The van der Waals surface area contributed by atoms with Gasteiger partial charge in [-0.1, -0.05) is 0 Å². The van der Waals surface area contributed by atoms with Gasteiger partial charge >= 0.3 is 18.4 Å². The lowest BCUT2D eigenvalue weighted by molar-refractivity contribution is -0.177. The molecule has 4 N–H and O–H groups in total. The Balaban J connectivity index is 1.46. The minimum absolute atomic E-state index is 0.00230. The van der Waals surface area contributed by atoms with E-state index in [9.17, 15) is 36.3 Å². The first-order valence-corrected chi connectivity index (χ1v) is 14.4. The first kappa shape index (κ1) is 33.6. The number of pyridine rings is 2. The molecule has 2 unspecified atom stereocenters. The zero-order valence-electron chi connectivity index (χ0n) is 25.5. The maximum absolute atomic E-state index is 13.8. The van der Waals surface area contributed by atoms with E-state index in [1.54, 1.807) is 20.8 Å². The second-order valence-electron chi connectivity index (χ2n) is 12.5. The monoisotopic (exact) mass is 669 g/mol. The third kappa shape index (κ3) is 8.16. The Morgan fingerprint density at radius 2 is 1.85 bits per heavy atom. The highest BCUT2D eigenvalue weighted by molar-refractivity contribution is 6.16. The summed E-state index contributed by atoms with van der Waals surface area (Å²) < 4.78 is 79.2. The van der Waals surface area contributed by atoms with Crippen LogP contribution in [0, 0.1) is 5.92 Å². The third-order valence-corrected chi connectivity index (χ3v) is 7.37. The van der Waals surface area contributed by atoms with Crippen LogP contribution < -0.4 is 20.9 Å². The molecule has 13 nitrogen and oxygen atoms in total. The summed E-state index contributed by atoms with van der Waals surface area (Å²) in [5.74, 6) is -5.87. The molecule has 3 aromatic rings. The molecule has 0 aromatic carbocycles. The molecule has 2 aliphatic heterocycles. The van der Waals surface area contributed by atoms with Gasteiger partial charge in [-0.3, -0.25) is 25.0 Å². The molecule has 0 radical (unpaired) electrons. The van der Waals surface area contributed by atoms with Crippen molar-refractivity contribution in [3.05, 3.63) is 41.9 Å². The number of carbonyl (C=O) groups excluding carboxylic acids is 2. The number of piperidine rings is 1. The molecule has 18 heteroatoms. The molecule has 2 atom stereocenters. The normalized spacial score (nSPS) is 20.0. The molecule has 0 spiro atoms. The summed E-state index contributed by atoms with van der Waals surface area (Å²) in [5.41, 5.74) is -0.496. The van der Waals surface area contributed by atoms with Gasteiger partial charge in [0, 0.05) is 32.0 Å². The topological polar surface area (TPSA) is 162 Å². The van der Waals surface area contributed by atoms with Crippen LogP contribution in [0.5, 0.6) is 0 Å². The number of amides is 3. The lowest BCUT2D eigenvalue weighted by atomic mass is 9.93. The van der Waals surface area contributed by atoms with Crippen molar-refractivity contribution in [3.8, 4) is 0 Å². The number of nitrogens with one attached hydrogen (secondary N) is 3. The van der Waals surface area contributed by atoms with Crippen LogP contribution in [-0.2, 0) is 11.3 Å². The van der Waals surface area contributed by atoms with Gasteiger partial charge in [-0.2, -0.15) is 13.2 Å². The van der Waals surface area contributed by atoms with Gasteiger partial charge in [0.05, 0.1) is 42.6 Å². The van der Waals surface area contributed by atoms with Crippen molar-refractivity contribution in [2.24, 2.45) is 5.92 Å². The molecule has 2 aliphatic rings. The minimum Gasteiger partial charge on any atom is -0.465 e. The number of likely N-dealkylation sites (tertiary alicyclic amines) is 1. The van der Waals surface area contributed by atoms with Gasteiger partial charge in [-0.15, -0.1) is 0 Å². The molecular weight excluding hydrogens is 637 g/mol. The van der Waals surface area contributed by atoms with Crippen LogP contribution in [0.2, 0.25) is 0 Å². The largest absolute Gasteiger partial charge is 0.465 e. The number of rotatable bonds is 7. The van der Waals surface area contributed by atoms with Crippen LogP contribution in [0.15, 0.2) is 35.1 Å². The van der Waals surface area contributed by atoms with Crippen molar-refractivity contribution >= 4 is 46.5 Å². The van der Waals surface area contributed by atoms with E-state index in [-0.39, 0.29) is 47.0 Å². The number of hydrogen-bond acceptors (Lipinski definition) is 9. The van der Waals surface area contributed by atoms with Gasteiger partial charge in [0.15, 0.2) is 5.58 Å². The van der Waals surface area contributed by atoms with Gasteiger partial charge in [0.25, 0.3) is 11.8 Å². The van der Waals surface area contributed by atoms with E-state index in [1.165, 1.54) is 40.5 Å². The predicted octanol–water partition coefficient (Wildman–Crippen LogP) is 5.30. The second kappa shape index (κ2) is 12.5. The van der Waals surface area contributed by atoms with Crippen LogP contribution in [0.4, 0.5) is 48.8 Å². The Morgan fingerprint density at radius 1 is 1.13 bits per heavy atom. The summed E-state index contributed by atoms with van der Waals surface area (Å²) in [6, 6.07) is 1.81. The Kier molecular flexibility index (Phi) is 8.91. The van der Waals surface area contributed by atoms with E-state index in [4.69, 9.17) is 14.3 Å². The lowest BCUT2D eigenvalue weighted by Crippen LogP contribution is -2.55. The number of alkyl halides is 5. The molecule has 3 aromatic heterocycles. The van der Waals surface area contributed by atoms with Gasteiger partial charge in [0.1, 0.15) is 16.7 Å². The highest BCUT2D eigenvalue weighted by Crippen LogP contribution is 2.38. The number of nitrogens with zero attached hydrogens (tertiary/aromatic N) is 4. The van der Waals surface area contributed by atoms with E-state index >= 15 is 0 Å². The third-order valence-electron chi connectivity index (χ3n) is 7.37. The highest BCUT2D eigenvalue weighted by Gasteiger charge is 2.46. The predicted molar refractivity (Wildman–Crippen MR) is 158 cm³/mol. The number of furan rings is 1. The number of carbonyl (C=O) groups is 3. The molecule has 47 heavy (non-hydrogen) atoms. The zero-order chi connectivity index (χ0) is 34.3. The smallest absolute Gasteiger partial charge is 0.414 e. The van der Waals surface area contributed by atoms with Crippen LogP contribution in [-0.4, -0.2) is 88.0 Å². The molecule has 5 rings (SSSR count). The van der Waals surface area contributed by atoms with E-state index in [1.807, 2.05) is 0 Å². The zero-order valence-corrected chi connectivity index (χ0v) is 25.5. The first-order valence-electron chi connectivity index (χ1n) is 14.4. The number of hydrogen-bond donors (Lipinski definition) is 4. The van der Waals surface area contributed by atoms with Crippen molar-refractivity contribution in [2.45, 2.75) is 57.5 Å². The Morgan fingerprint density at radius 3 is 2.49 bits per heavy atom. The van der Waals surface area contributed by atoms with Crippen molar-refractivity contribution < 1.29 is 50.6 Å². The molecule has 0 aliphatic carbocycles. The average molecular weight is 670 g/mol. The van der Waals surface area contributed by atoms with Crippen LogP contribution >= 0.6 is 0 Å². The molecule has 3 amide bonds. The van der Waals surface area contributed by atoms with Crippen LogP contribution in [0.1, 0.15) is 43.1 Å². The molecular formula is C29H32F5N7O6. The van der Waals surface area contributed by atoms with E-state index in [2.05, 4.69) is 25.9 Å². The summed E-state index contributed by atoms with van der Waals surface area (Å²) in [5, 5.41) is 16.3. The average Bonchev–Trinajstić information content (AvgIpc) is 3.27. The van der Waals surface area contributed by atoms with Gasteiger partial charge < -0.3 is 29.8 Å². The molecule has 2 saturated heterocycles. The SMILES string of the molecule is CC(C)(C)OC(=O)Nc1oc2cc(CN3CC(F)(F)C3)cnc2c1C(=O)Nc1cnccc1N1CC(NC(=O)O)CC(C(F)(F)F)C1. The molecule has 0 bridgehead atoms. The molecule has 2 fully saturated rings. The number of halogens is 5. The fraction of sp³-hybridized carbons (Fsp3) is 0.483. The number of ether oxygens (including phenoxy) is 1. The van der Waals surface area contributed by atoms with Crippen LogP contribution in [0.3, 0.4) is 0 Å². The Bertz CT molecular complexity index is 1670. The highest BCUT2D eigenvalue weighted by atomic mass is 19.4. The first-order chi connectivity index (χ1) is 21.9. The number of anilines is 3. The van der Waals surface area contributed by atoms with Gasteiger partial charge in [-0.25, -0.2) is 18.4 Å². The summed E-state index contributed by atoms with van der Waals surface area (Å²) in [4.78, 5) is 48.8. The minimum atomic E-state index is -4.62. The fourth-order valence-electron chi connectivity index (χ4n) is 5.53. The van der Waals surface area contributed by atoms with Gasteiger partial charge in [0.2, 0.25) is 5.88 Å². The fourth-order valence-corrected chi connectivity index (χ4v) is 5.53. The second-order valence-corrected chi connectivity index (χ2v) is 12.5. The Labute approximate surface area is 264 Å². The van der Waals surface area contributed by atoms with Crippen molar-refractivity contribution in [2.75, 3.05) is 41.7 Å². The number of aromatic nitrogens is 2. The summed E-state index contributed by atoms with van der Waals surface area (Å²) in [6.45, 7) is 3.50. The Hall–Kier alpha value is -4.74. The summed E-state index contributed by atoms with van der Waals surface area (Å²) in [7, 11) is 0. The lowest BCUT2D eigenvalue weighted by Gasteiger charge is -2.40. The molecule has 254 valence electrons. The van der Waals surface area contributed by atoms with E-state index in [0.29, 0.717) is 5.56 Å². The number of carboxylic acid groups (broad SMARTS) is 1. The van der Waals surface area contributed by atoms with Gasteiger partial charge in [-0.05, 0) is 44.9 Å². The summed E-state index contributed by atoms with van der Waals surface area (Å²) >= 11 is 0. The molecule has 5 heterocycles. The standard InChI is InChI=1S/C29H32F5N7O6/c1-27(2,3)47-26(45)39-24-21(22-20(46-24)6-15(8-36-22)10-40-13-28(30,31)14-40)23(42)38-18-9-35-5-4-19(18)41-11-16(29(32,33)34)7-17(12-41)37-25(43)44/h4-6,8-9,16-17,37H,7,10-14H2,1-3H3,(H,38,42)(H,39,45)(H,43,44). The summed E-state index contributed by atoms with van der Waals surface area (Å²) in [6.07, 6.45) is -3.63. The maximum atomic E-state index is 13.8. The van der Waals surface area contributed by atoms with Crippen molar-refractivity contribution in [3.63, 3.8) is 0 Å². The van der Waals surface area contributed by atoms with Crippen LogP contribution in [0.25, 0.3) is 11.1 Å². The van der Waals surface area contributed by atoms with E-state index < -0.39 is 73.8 Å². The van der Waals surface area contributed by atoms with Crippen molar-refractivity contribution in [1.29, 1.82) is 0 Å². The maximum Gasteiger partial charge on any atom is 0.414 e. The number of fused-ring (bicyclic) bond motifs is 1. The van der Waals surface area contributed by atoms with E-state index in [0.717, 1.165) is 0 Å².